The zero-order valence-electron chi connectivity index (χ0n) is 11.7. The van der Waals surface area contributed by atoms with Gasteiger partial charge in [0.25, 0.3) is 5.91 Å². The normalized spacial score (nSPS) is 20.7. The van der Waals surface area contributed by atoms with Gasteiger partial charge in [0.05, 0.1) is 17.2 Å². The van der Waals surface area contributed by atoms with Crippen molar-refractivity contribution in [3.63, 3.8) is 0 Å². The Morgan fingerprint density at radius 2 is 2.33 bits per heavy atom. The fourth-order valence-electron chi connectivity index (χ4n) is 2.47. The summed E-state index contributed by atoms with van der Waals surface area (Å²) in [5.41, 5.74) is 6.55. The van der Waals surface area contributed by atoms with E-state index in [0.717, 1.165) is 9.86 Å². The number of nitrogens with two attached hydrogens (primary N) is 1. The summed E-state index contributed by atoms with van der Waals surface area (Å²) in [4.78, 5) is 14.3. The second kappa shape index (κ2) is 5.79. The zero-order valence-corrected chi connectivity index (χ0v) is 13.3. The molecule has 2 N–H and O–H groups in total. The molecule has 0 spiro atoms. The molecule has 3 rings (SSSR count). The molecule has 112 valence electrons. The summed E-state index contributed by atoms with van der Waals surface area (Å²) in [6.45, 7) is 3.44. The lowest BCUT2D eigenvalue weighted by atomic mass is 10.1. The first-order valence-electron chi connectivity index (χ1n) is 6.91. The molecule has 1 aromatic heterocycles. The van der Waals surface area contributed by atoms with Crippen LogP contribution in [0.1, 0.15) is 17.5 Å². The van der Waals surface area contributed by atoms with Crippen LogP contribution in [0.25, 0.3) is 11.0 Å². The maximum atomic E-state index is 12.6. The van der Waals surface area contributed by atoms with Crippen molar-refractivity contribution in [2.24, 2.45) is 5.73 Å². The average molecular weight is 353 g/mol. The number of amides is 1. The number of furan rings is 1. The topological polar surface area (TPSA) is 68.7 Å². The SMILES string of the molecule is CC(N)C1CN(C(=O)c2cc3cccc(Br)c3o2)CCO1. The molecule has 0 radical (unpaired) electrons. The number of benzene rings is 1. The number of halogens is 1. The molecule has 5 nitrogen and oxygen atoms in total. The van der Waals surface area contributed by atoms with Crippen molar-refractivity contribution in [1.29, 1.82) is 0 Å². The summed E-state index contributed by atoms with van der Waals surface area (Å²) in [5, 5.41) is 0.907. The van der Waals surface area contributed by atoms with Crippen LogP contribution in [0.3, 0.4) is 0 Å². The van der Waals surface area contributed by atoms with Crippen LogP contribution in [-0.2, 0) is 4.74 Å². The molecule has 0 bridgehead atoms. The van der Waals surface area contributed by atoms with Gasteiger partial charge in [0.15, 0.2) is 5.76 Å². The Bertz CT molecular complexity index is 668. The van der Waals surface area contributed by atoms with Gasteiger partial charge in [-0.1, -0.05) is 12.1 Å². The Kier molecular flexibility index (Phi) is 4.01. The predicted octanol–water partition coefficient (Wildman–Crippen LogP) is 2.38. The fourth-order valence-corrected chi connectivity index (χ4v) is 2.93. The van der Waals surface area contributed by atoms with Crippen molar-refractivity contribution < 1.29 is 13.9 Å². The summed E-state index contributed by atoms with van der Waals surface area (Å²) in [6, 6.07) is 7.40. The molecule has 2 unspecified atom stereocenters. The van der Waals surface area contributed by atoms with Crippen LogP contribution >= 0.6 is 15.9 Å². The van der Waals surface area contributed by atoms with Crippen LogP contribution in [-0.4, -0.2) is 42.6 Å². The lowest BCUT2D eigenvalue weighted by molar-refractivity contribution is -0.0307. The number of hydrogen-bond donors (Lipinski definition) is 1. The Hall–Kier alpha value is -1.37. The minimum absolute atomic E-state index is 0.106. The summed E-state index contributed by atoms with van der Waals surface area (Å²) in [5.74, 6) is 0.231. The van der Waals surface area contributed by atoms with Gasteiger partial charge in [-0.3, -0.25) is 4.79 Å². The van der Waals surface area contributed by atoms with E-state index >= 15 is 0 Å². The van der Waals surface area contributed by atoms with Crippen molar-refractivity contribution in [1.82, 2.24) is 4.90 Å². The minimum atomic E-state index is -0.126. The third-order valence-corrected chi connectivity index (χ3v) is 4.30. The van der Waals surface area contributed by atoms with E-state index in [-0.39, 0.29) is 18.1 Å². The van der Waals surface area contributed by atoms with Crippen LogP contribution in [0.5, 0.6) is 0 Å². The maximum Gasteiger partial charge on any atom is 0.289 e. The van der Waals surface area contributed by atoms with E-state index in [1.807, 2.05) is 25.1 Å². The van der Waals surface area contributed by atoms with Crippen LogP contribution in [0.4, 0.5) is 0 Å². The van der Waals surface area contributed by atoms with E-state index in [1.54, 1.807) is 11.0 Å². The number of carbonyl (C=O) groups is 1. The molecule has 1 fully saturated rings. The first-order chi connectivity index (χ1) is 10.1. The molecule has 1 amide bonds. The van der Waals surface area contributed by atoms with Gasteiger partial charge in [-0.05, 0) is 35.0 Å². The van der Waals surface area contributed by atoms with Gasteiger partial charge in [0.2, 0.25) is 0 Å². The van der Waals surface area contributed by atoms with Crippen LogP contribution in [0, 0.1) is 0 Å². The largest absolute Gasteiger partial charge is 0.450 e. The molecule has 1 saturated heterocycles. The molecule has 2 atom stereocenters. The maximum absolute atomic E-state index is 12.6. The van der Waals surface area contributed by atoms with Gasteiger partial charge in [0, 0.05) is 24.5 Å². The summed E-state index contributed by atoms with van der Waals surface area (Å²) < 4.78 is 12.1. The zero-order chi connectivity index (χ0) is 15.0. The van der Waals surface area contributed by atoms with Crippen molar-refractivity contribution in [2.45, 2.75) is 19.1 Å². The van der Waals surface area contributed by atoms with Gasteiger partial charge in [0.1, 0.15) is 5.58 Å². The number of ether oxygens (including phenoxy) is 1. The first-order valence-corrected chi connectivity index (χ1v) is 7.70. The predicted molar refractivity (Wildman–Crippen MR) is 83.2 cm³/mol. The van der Waals surface area contributed by atoms with E-state index in [1.165, 1.54) is 0 Å². The number of morpholine rings is 1. The average Bonchev–Trinajstić information content (AvgIpc) is 2.92. The highest BCUT2D eigenvalue weighted by molar-refractivity contribution is 9.10. The lowest BCUT2D eigenvalue weighted by Gasteiger charge is -2.34. The highest BCUT2D eigenvalue weighted by atomic mass is 79.9. The number of fused-ring (bicyclic) bond motifs is 1. The third kappa shape index (κ3) is 2.84. The Balaban J connectivity index is 1.84. The monoisotopic (exact) mass is 352 g/mol. The number of hydrogen-bond acceptors (Lipinski definition) is 4. The molecule has 0 aliphatic carbocycles. The molecule has 2 aromatic rings. The van der Waals surface area contributed by atoms with Gasteiger partial charge < -0.3 is 19.8 Å². The molecule has 1 aromatic carbocycles. The van der Waals surface area contributed by atoms with Crippen molar-refractivity contribution in [2.75, 3.05) is 19.7 Å². The highest BCUT2D eigenvalue weighted by Crippen LogP contribution is 2.27. The van der Waals surface area contributed by atoms with Gasteiger partial charge >= 0.3 is 0 Å². The Morgan fingerprint density at radius 1 is 1.52 bits per heavy atom. The first kappa shape index (κ1) is 14.6. The van der Waals surface area contributed by atoms with Crippen molar-refractivity contribution in [3.05, 3.63) is 34.5 Å². The number of carbonyl (C=O) groups excluding carboxylic acids is 1. The smallest absolute Gasteiger partial charge is 0.289 e. The van der Waals surface area contributed by atoms with Crippen LogP contribution in [0.2, 0.25) is 0 Å². The van der Waals surface area contributed by atoms with E-state index in [4.69, 9.17) is 14.9 Å². The molecule has 1 aliphatic heterocycles. The second-order valence-corrected chi connectivity index (χ2v) is 6.14. The molecule has 1 aliphatic rings. The van der Waals surface area contributed by atoms with E-state index in [9.17, 15) is 4.79 Å². The quantitative estimate of drug-likeness (QED) is 0.900. The molecule has 6 heteroatoms. The van der Waals surface area contributed by atoms with E-state index in [2.05, 4.69) is 15.9 Å². The summed E-state index contributed by atoms with van der Waals surface area (Å²) >= 11 is 3.43. The second-order valence-electron chi connectivity index (χ2n) is 5.29. The molecule has 2 heterocycles. The fraction of sp³-hybridized carbons (Fsp3) is 0.400. The van der Waals surface area contributed by atoms with Crippen molar-refractivity contribution in [3.8, 4) is 0 Å². The highest BCUT2D eigenvalue weighted by Gasteiger charge is 2.28. The van der Waals surface area contributed by atoms with E-state index in [0.29, 0.717) is 31.0 Å². The standard InChI is InChI=1S/C15H17BrN2O3/c1-9(17)13-8-18(5-6-20-13)15(19)12-7-10-3-2-4-11(16)14(10)21-12/h2-4,7,9,13H,5-6,8,17H2,1H3. The third-order valence-electron chi connectivity index (χ3n) is 3.67. The molecular formula is C15H17BrN2O3. The van der Waals surface area contributed by atoms with Gasteiger partial charge in [-0.15, -0.1) is 0 Å². The summed E-state index contributed by atoms with van der Waals surface area (Å²) in [7, 11) is 0. The molecule has 21 heavy (non-hydrogen) atoms. The minimum Gasteiger partial charge on any atom is -0.450 e. The lowest BCUT2D eigenvalue weighted by Crippen LogP contribution is -2.51. The van der Waals surface area contributed by atoms with Gasteiger partial charge in [-0.2, -0.15) is 0 Å². The molecule has 0 saturated carbocycles. The number of rotatable bonds is 2. The Morgan fingerprint density at radius 3 is 3.05 bits per heavy atom. The Labute approximate surface area is 131 Å². The number of para-hydroxylation sites is 1. The van der Waals surface area contributed by atoms with Gasteiger partial charge in [-0.25, -0.2) is 0 Å². The summed E-state index contributed by atoms with van der Waals surface area (Å²) in [6.07, 6.45) is -0.126. The van der Waals surface area contributed by atoms with Crippen LogP contribution in [0.15, 0.2) is 33.2 Å². The van der Waals surface area contributed by atoms with Crippen LogP contribution < -0.4 is 5.73 Å². The number of nitrogens with zero attached hydrogens (tertiary/aromatic N) is 1. The molecular weight excluding hydrogens is 336 g/mol. The van der Waals surface area contributed by atoms with Crippen molar-refractivity contribution >= 4 is 32.8 Å². The van der Waals surface area contributed by atoms with E-state index < -0.39 is 0 Å².